The number of β-lactam (4-membered cyclic amide) rings is 1. The number of imide groups is 1. The molecule has 2 heterocycles. The first-order valence-electron chi connectivity index (χ1n) is 5.60. The number of nitrogens with one attached hydrogen (secondary N) is 1. The van der Waals surface area contributed by atoms with Crippen LogP contribution in [0.5, 0.6) is 0 Å². The molecular weight excluding hydrogens is 317 g/mol. The van der Waals surface area contributed by atoms with Crippen LogP contribution in [0.3, 0.4) is 0 Å². The van der Waals surface area contributed by atoms with Crippen LogP contribution in [0.15, 0.2) is 0 Å². The van der Waals surface area contributed by atoms with Crippen LogP contribution in [-0.4, -0.2) is 64.9 Å². The molecule has 21 heavy (non-hydrogen) atoms. The summed E-state index contributed by atoms with van der Waals surface area (Å²) in [5.74, 6) is -2.76. The molecule has 0 bridgehead atoms. The van der Waals surface area contributed by atoms with Crippen molar-refractivity contribution < 1.29 is 61.7 Å². The molecule has 4 amide bonds. The summed E-state index contributed by atoms with van der Waals surface area (Å²) in [5, 5.41) is 2.16. The predicted octanol–water partition coefficient (Wildman–Crippen LogP) is -6.07. The number of rotatable bonds is 4. The molecule has 10 nitrogen and oxygen atoms in total. The Balaban J connectivity index is 0.00000220. The SMILES string of the molecule is O=C(CN1C(=O)CCC1=O)NC1CN(S(=O)(=O)[O-])C1=O.[Na+]. The first kappa shape index (κ1) is 18.0. The summed E-state index contributed by atoms with van der Waals surface area (Å²) in [6.07, 6.45) is 0.0767. The monoisotopic (exact) mass is 327 g/mol. The van der Waals surface area contributed by atoms with E-state index >= 15 is 0 Å². The van der Waals surface area contributed by atoms with E-state index in [0.29, 0.717) is 0 Å². The minimum atomic E-state index is -4.86. The zero-order valence-corrected chi connectivity index (χ0v) is 13.9. The van der Waals surface area contributed by atoms with Crippen LogP contribution in [0, 0.1) is 0 Å². The van der Waals surface area contributed by atoms with E-state index in [1.54, 1.807) is 0 Å². The molecule has 1 N–H and O–H groups in total. The summed E-state index contributed by atoms with van der Waals surface area (Å²) in [6.45, 7) is -0.968. The largest absolute Gasteiger partial charge is 1.00 e. The van der Waals surface area contributed by atoms with E-state index in [4.69, 9.17) is 0 Å². The van der Waals surface area contributed by atoms with E-state index in [9.17, 15) is 32.1 Å². The number of carbonyl (C=O) groups excluding carboxylic acids is 4. The van der Waals surface area contributed by atoms with E-state index in [1.165, 1.54) is 0 Å². The fourth-order valence-electron chi connectivity index (χ4n) is 1.89. The Bertz CT molecular complexity index is 588. The molecule has 0 spiro atoms. The van der Waals surface area contributed by atoms with Gasteiger partial charge in [-0.3, -0.25) is 24.1 Å². The van der Waals surface area contributed by atoms with Crippen LogP contribution in [0.1, 0.15) is 12.8 Å². The van der Waals surface area contributed by atoms with Crippen molar-refractivity contribution in [1.82, 2.24) is 14.5 Å². The predicted molar refractivity (Wildman–Crippen MR) is 59.3 cm³/mol. The van der Waals surface area contributed by atoms with Gasteiger partial charge in [0.05, 0.1) is 6.54 Å². The van der Waals surface area contributed by atoms with Crippen molar-refractivity contribution >= 4 is 33.9 Å². The van der Waals surface area contributed by atoms with Gasteiger partial charge in [0, 0.05) is 12.8 Å². The summed E-state index contributed by atoms with van der Waals surface area (Å²) < 4.78 is 31.8. The van der Waals surface area contributed by atoms with Crippen LogP contribution >= 0.6 is 0 Å². The molecule has 2 saturated heterocycles. The van der Waals surface area contributed by atoms with E-state index < -0.39 is 53.1 Å². The van der Waals surface area contributed by atoms with Gasteiger partial charge in [-0.25, -0.2) is 12.7 Å². The van der Waals surface area contributed by atoms with E-state index in [0.717, 1.165) is 4.90 Å². The Labute approximate surface area is 142 Å². The molecule has 0 saturated carbocycles. The van der Waals surface area contributed by atoms with Gasteiger partial charge in [0.2, 0.25) is 17.7 Å². The average Bonchev–Trinajstić information content (AvgIpc) is 2.63. The molecule has 2 rings (SSSR count). The molecule has 1 atom stereocenters. The van der Waals surface area contributed by atoms with Crippen LogP contribution in [0.4, 0.5) is 0 Å². The Morgan fingerprint density at radius 3 is 2.19 bits per heavy atom. The fraction of sp³-hybridized carbons (Fsp3) is 0.556. The maximum Gasteiger partial charge on any atom is 1.00 e. The van der Waals surface area contributed by atoms with Crippen molar-refractivity contribution in [3.63, 3.8) is 0 Å². The van der Waals surface area contributed by atoms with Gasteiger partial charge >= 0.3 is 29.6 Å². The third-order valence-electron chi connectivity index (χ3n) is 2.95. The van der Waals surface area contributed by atoms with Crippen LogP contribution in [0.25, 0.3) is 0 Å². The summed E-state index contributed by atoms with van der Waals surface area (Å²) >= 11 is 0. The molecule has 0 aromatic heterocycles. The first-order valence-corrected chi connectivity index (χ1v) is 6.96. The second-order valence-corrected chi connectivity index (χ2v) is 5.62. The van der Waals surface area contributed by atoms with Gasteiger partial charge in [0.1, 0.15) is 12.6 Å². The van der Waals surface area contributed by atoms with Crippen molar-refractivity contribution in [1.29, 1.82) is 0 Å². The molecule has 0 aliphatic carbocycles. The van der Waals surface area contributed by atoms with Gasteiger partial charge in [-0.2, -0.15) is 0 Å². The molecule has 2 aliphatic heterocycles. The minimum absolute atomic E-state index is 0. The Morgan fingerprint density at radius 1 is 1.24 bits per heavy atom. The zero-order valence-electron chi connectivity index (χ0n) is 11.1. The quantitative estimate of drug-likeness (QED) is 0.234. The maximum atomic E-state index is 11.5. The van der Waals surface area contributed by atoms with Gasteiger partial charge in [-0.05, 0) is 0 Å². The van der Waals surface area contributed by atoms with Crippen LogP contribution in [-0.2, 0) is 29.5 Å². The van der Waals surface area contributed by atoms with Crippen LogP contribution in [0.2, 0.25) is 0 Å². The zero-order chi connectivity index (χ0) is 15.1. The normalized spacial score (nSPS) is 22.0. The smallest absolute Gasteiger partial charge is 0.731 e. The number of hydrogen-bond acceptors (Lipinski definition) is 7. The van der Waals surface area contributed by atoms with Crippen molar-refractivity contribution in [2.75, 3.05) is 13.1 Å². The Hall–Kier alpha value is -1.01. The Morgan fingerprint density at radius 2 is 1.76 bits per heavy atom. The van der Waals surface area contributed by atoms with Crippen molar-refractivity contribution in [2.45, 2.75) is 18.9 Å². The first-order chi connectivity index (χ1) is 9.20. The molecule has 2 aliphatic rings. The number of nitrogens with zero attached hydrogens (tertiary/aromatic N) is 2. The second kappa shape index (κ2) is 6.40. The summed E-state index contributed by atoms with van der Waals surface area (Å²) in [7, 11) is -4.86. The standard InChI is InChI=1S/C9H11N3O7S.Na/c13-6(4-11-7(14)1-2-8(11)15)10-5-3-12(9(5)16)20(17,18)19;/h5H,1-4H2,(H,10,13)(H,17,18,19);/q;+1/p-1. The number of amides is 4. The number of likely N-dealkylation sites (tertiary alicyclic amines) is 1. The second-order valence-electron chi connectivity index (χ2n) is 4.32. The van der Waals surface area contributed by atoms with Gasteiger partial charge in [-0.1, -0.05) is 0 Å². The molecule has 0 aromatic rings. The van der Waals surface area contributed by atoms with Crippen molar-refractivity contribution in [3.8, 4) is 0 Å². The van der Waals surface area contributed by atoms with E-state index in [1.807, 2.05) is 0 Å². The number of hydrogen-bond donors (Lipinski definition) is 1. The van der Waals surface area contributed by atoms with Crippen LogP contribution < -0.4 is 34.9 Å². The fourth-order valence-corrected chi connectivity index (χ4v) is 2.57. The third-order valence-corrected chi connectivity index (χ3v) is 3.82. The summed E-state index contributed by atoms with van der Waals surface area (Å²) in [5.41, 5.74) is 0. The summed E-state index contributed by atoms with van der Waals surface area (Å²) in [6, 6.07) is -1.13. The molecule has 1 unspecified atom stereocenters. The minimum Gasteiger partial charge on any atom is -0.731 e. The third kappa shape index (κ3) is 3.80. The van der Waals surface area contributed by atoms with Crippen molar-refractivity contribution in [2.24, 2.45) is 0 Å². The molecule has 12 heteroatoms. The average molecular weight is 327 g/mol. The van der Waals surface area contributed by atoms with Gasteiger partial charge in [-0.15, -0.1) is 0 Å². The summed E-state index contributed by atoms with van der Waals surface area (Å²) in [4.78, 5) is 46.1. The van der Waals surface area contributed by atoms with E-state index in [2.05, 4.69) is 5.32 Å². The molecule has 110 valence electrons. The maximum absolute atomic E-state index is 11.5. The molecular formula is C9H10N3NaO7S. The molecule has 2 fully saturated rings. The number of carbonyl (C=O) groups is 4. The van der Waals surface area contributed by atoms with E-state index in [-0.39, 0.29) is 46.7 Å². The Kier molecular flexibility index (Phi) is 5.50. The molecule has 0 aromatic carbocycles. The van der Waals surface area contributed by atoms with Gasteiger partial charge in [0.25, 0.3) is 5.91 Å². The topological polar surface area (TPSA) is 144 Å². The van der Waals surface area contributed by atoms with Crippen molar-refractivity contribution in [3.05, 3.63) is 0 Å². The van der Waals surface area contributed by atoms with Gasteiger partial charge < -0.3 is 9.87 Å². The molecule has 0 radical (unpaired) electrons. The van der Waals surface area contributed by atoms with Gasteiger partial charge in [0.15, 0.2) is 10.3 Å².